The van der Waals surface area contributed by atoms with Gasteiger partial charge in [-0.25, -0.2) is 4.79 Å². The molecule has 5 nitrogen and oxygen atoms in total. The van der Waals surface area contributed by atoms with E-state index in [0.717, 1.165) is 37.2 Å². The minimum absolute atomic E-state index is 0.0194. The van der Waals surface area contributed by atoms with E-state index >= 15 is 0 Å². The fraction of sp³-hybridized carbons (Fsp3) is 0.444. The molecule has 2 fully saturated rings. The molecule has 206 valence electrons. The minimum Gasteiger partial charge on any atom is -0.375 e. The number of alkyl halides is 6. The zero-order chi connectivity index (χ0) is 27.7. The summed E-state index contributed by atoms with van der Waals surface area (Å²) in [6, 6.07) is 10.1. The van der Waals surface area contributed by atoms with Crippen LogP contribution < -0.4 is 5.32 Å². The Bertz CT molecular complexity index is 1130. The Morgan fingerprint density at radius 2 is 1.61 bits per heavy atom. The fourth-order valence-electron chi connectivity index (χ4n) is 5.06. The van der Waals surface area contributed by atoms with Crippen molar-refractivity contribution in [1.29, 1.82) is 0 Å². The van der Waals surface area contributed by atoms with Crippen molar-refractivity contribution < 1.29 is 35.9 Å². The van der Waals surface area contributed by atoms with Crippen LogP contribution in [0.1, 0.15) is 42.0 Å². The number of nitrogens with zero attached hydrogens (tertiary/aromatic N) is 2. The van der Waals surface area contributed by atoms with E-state index in [9.17, 15) is 31.1 Å². The second-order valence-electron chi connectivity index (χ2n) is 9.87. The van der Waals surface area contributed by atoms with Crippen molar-refractivity contribution in [1.82, 2.24) is 15.1 Å². The minimum atomic E-state index is -4.94. The lowest BCUT2D eigenvalue weighted by Crippen LogP contribution is -2.46. The zero-order valence-corrected chi connectivity index (χ0v) is 20.8. The van der Waals surface area contributed by atoms with Crippen molar-refractivity contribution in [3.05, 3.63) is 83.1 Å². The summed E-state index contributed by atoms with van der Waals surface area (Å²) >= 11 is 0. The Hall–Kier alpha value is -3.21. The number of likely N-dealkylation sites (tertiary alicyclic amines) is 1. The smallest absolute Gasteiger partial charge is 0.375 e. The van der Waals surface area contributed by atoms with E-state index in [0.29, 0.717) is 12.1 Å². The number of ether oxygens (including phenoxy) is 1. The highest BCUT2D eigenvalue weighted by molar-refractivity contribution is 5.79. The normalized spacial score (nSPS) is 21.1. The molecular formula is C27H29F6N3O2. The number of amides is 2. The summed E-state index contributed by atoms with van der Waals surface area (Å²) in [6.07, 6.45) is -8.39. The van der Waals surface area contributed by atoms with Gasteiger partial charge in [-0.15, -0.1) is 0 Å². The molecule has 0 aliphatic carbocycles. The van der Waals surface area contributed by atoms with Gasteiger partial charge in [0.1, 0.15) is 5.54 Å². The first-order valence-corrected chi connectivity index (χ1v) is 12.2. The van der Waals surface area contributed by atoms with Crippen LogP contribution in [0.5, 0.6) is 0 Å². The number of benzene rings is 2. The molecule has 2 aromatic rings. The van der Waals surface area contributed by atoms with Gasteiger partial charge in [0.15, 0.2) is 0 Å². The van der Waals surface area contributed by atoms with Crippen LogP contribution in [0.15, 0.2) is 60.8 Å². The highest BCUT2D eigenvalue weighted by atomic mass is 19.4. The predicted molar refractivity (Wildman–Crippen MR) is 129 cm³/mol. The van der Waals surface area contributed by atoms with Gasteiger partial charge < -0.3 is 19.9 Å². The molecule has 0 saturated carbocycles. The maximum Gasteiger partial charge on any atom is 0.416 e. The van der Waals surface area contributed by atoms with Gasteiger partial charge in [0.25, 0.3) is 0 Å². The lowest BCUT2D eigenvalue weighted by Gasteiger charge is -2.38. The summed E-state index contributed by atoms with van der Waals surface area (Å²) < 4.78 is 85.2. The summed E-state index contributed by atoms with van der Waals surface area (Å²) in [5.74, 6) is 0. The van der Waals surface area contributed by atoms with Crippen LogP contribution in [0, 0.1) is 0 Å². The number of carbonyl (C=O) groups is 1. The Balaban J connectivity index is 1.53. The Morgan fingerprint density at radius 1 is 1.03 bits per heavy atom. The molecule has 2 heterocycles. The first-order chi connectivity index (χ1) is 17.8. The quantitative estimate of drug-likeness (QED) is 0.427. The standard InChI is InChI=1S/C27H29F6N3O2/c1-18(2)35-10-8-23(9-11-35)36-16-25(34-24(36)37,20-6-4-3-5-7-20)17-38-15-19-12-21(26(28,29)30)14-22(13-19)27(31,32)33/h3-7,12-14,23H,1,8-11,15-17H2,2H3,(H,34,37). The Labute approximate surface area is 217 Å². The molecule has 2 aliphatic rings. The second kappa shape index (κ2) is 10.5. The number of hydrogen-bond acceptors (Lipinski definition) is 3. The van der Waals surface area contributed by atoms with Gasteiger partial charge in [-0.2, -0.15) is 26.3 Å². The van der Waals surface area contributed by atoms with Crippen LogP contribution in [0.3, 0.4) is 0 Å². The Kier molecular flexibility index (Phi) is 7.69. The number of carbonyl (C=O) groups excluding carboxylic acids is 1. The van der Waals surface area contributed by atoms with Gasteiger partial charge in [0, 0.05) is 24.8 Å². The van der Waals surface area contributed by atoms with Crippen molar-refractivity contribution >= 4 is 6.03 Å². The zero-order valence-electron chi connectivity index (χ0n) is 20.8. The van der Waals surface area contributed by atoms with Crippen molar-refractivity contribution in [2.75, 3.05) is 26.2 Å². The van der Waals surface area contributed by atoms with Crippen LogP contribution in [-0.2, 0) is 29.2 Å². The van der Waals surface area contributed by atoms with E-state index in [-0.39, 0.29) is 36.9 Å². The summed E-state index contributed by atoms with van der Waals surface area (Å²) in [5, 5.41) is 2.99. The van der Waals surface area contributed by atoms with Gasteiger partial charge >= 0.3 is 18.4 Å². The molecule has 2 amide bonds. The SMILES string of the molecule is C=C(C)N1CCC(N2CC(COCc3cc(C(F)(F)F)cc(C(F)(F)F)c3)(c3ccccc3)NC2=O)CC1. The second-order valence-corrected chi connectivity index (χ2v) is 9.87. The topological polar surface area (TPSA) is 44.8 Å². The van der Waals surface area contributed by atoms with Crippen molar-refractivity contribution in [2.24, 2.45) is 0 Å². The lowest BCUT2D eigenvalue weighted by atomic mass is 9.90. The highest BCUT2D eigenvalue weighted by Crippen LogP contribution is 2.37. The van der Waals surface area contributed by atoms with Crippen LogP contribution in [-0.4, -0.2) is 48.1 Å². The number of halogens is 6. The molecule has 2 aliphatic heterocycles. The highest BCUT2D eigenvalue weighted by Gasteiger charge is 2.47. The van der Waals surface area contributed by atoms with E-state index in [1.165, 1.54) is 0 Å². The van der Waals surface area contributed by atoms with Crippen LogP contribution >= 0.6 is 0 Å². The molecule has 1 atom stereocenters. The van der Waals surface area contributed by atoms with E-state index in [2.05, 4.69) is 16.8 Å². The predicted octanol–water partition coefficient (Wildman–Crippen LogP) is 6.16. The average Bonchev–Trinajstić information content (AvgIpc) is 3.20. The molecule has 38 heavy (non-hydrogen) atoms. The van der Waals surface area contributed by atoms with Crippen molar-refractivity contribution in [2.45, 2.75) is 50.3 Å². The van der Waals surface area contributed by atoms with E-state index in [4.69, 9.17) is 4.74 Å². The first kappa shape index (κ1) is 27.8. The van der Waals surface area contributed by atoms with Crippen LogP contribution in [0.4, 0.5) is 31.1 Å². The maximum absolute atomic E-state index is 13.2. The lowest BCUT2D eigenvalue weighted by molar-refractivity contribution is -0.143. The molecular weight excluding hydrogens is 512 g/mol. The molecule has 1 unspecified atom stereocenters. The summed E-state index contributed by atoms with van der Waals surface area (Å²) in [7, 11) is 0. The molecule has 2 saturated heterocycles. The van der Waals surface area contributed by atoms with Crippen molar-refractivity contribution in [3.63, 3.8) is 0 Å². The number of hydrogen-bond donors (Lipinski definition) is 1. The number of nitrogens with one attached hydrogen (secondary N) is 1. The number of allylic oxidation sites excluding steroid dienone is 1. The third-order valence-electron chi connectivity index (χ3n) is 7.08. The number of urea groups is 1. The summed E-state index contributed by atoms with van der Waals surface area (Å²) in [6.45, 7) is 7.04. The molecule has 4 rings (SSSR count). The maximum atomic E-state index is 13.2. The fourth-order valence-corrected chi connectivity index (χ4v) is 5.06. The summed E-state index contributed by atoms with van der Waals surface area (Å²) in [5.41, 5.74) is -2.38. The van der Waals surface area contributed by atoms with Gasteiger partial charge in [-0.05, 0) is 49.1 Å². The van der Waals surface area contributed by atoms with E-state index < -0.39 is 35.6 Å². The largest absolute Gasteiger partial charge is 0.416 e. The molecule has 0 spiro atoms. The molecule has 1 N–H and O–H groups in total. The monoisotopic (exact) mass is 541 g/mol. The van der Waals surface area contributed by atoms with Gasteiger partial charge in [-0.1, -0.05) is 36.9 Å². The molecule has 0 bridgehead atoms. The van der Waals surface area contributed by atoms with Crippen molar-refractivity contribution in [3.8, 4) is 0 Å². The molecule has 11 heteroatoms. The summed E-state index contributed by atoms with van der Waals surface area (Å²) in [4.78, 5) is 17.0. The third-order valence-corrected chi connectivity index (χ3v) is 7.08. The molecule has 0 aromatic heterocycles. The molecule has 0 radical (unpaired) electrons. The first-order valence-electron chi connectivity index (χ1n) is 12.2. The Morgan fingerprint density at radius 3 is 2.13 bits per heavy atom. The third kappa shape index (κ3) is 6.09. The van der Waals surface area contributed by atoms with Gasteiger partial charge in [0.05, 0.1) is 30.9 Å². The van der Waals surface area contributed by atoms with Gasteiger partial charge in [0.2, 0.25) is 0 Å². The van der Waals surface area contributed by atoms with Crippen LogP contribution in [0.2, 0.25) is 0 Å². The van der Waals surface area contributed by atoms with E-state index in [1.807, 2.05) is 19.1 Å². The number of piperidine rings is 1. The molecule has 2 aromatic carbocycles. The van der Waals surface area contributed by atoms with Crippen LogP contribution in [0.25, 0.3) is 0 Å². The average molecular weight is 542 g/mol. The van der Waals surface area contributed by atoms with E-state index in [1.54, 1.807) is 23.1 Å². The van der Waals surface area contributed by atoms with Gasteiger partial charge in [-0.3, -0.25) is 0 Å². The number of rotatable bonds is 7.